The van der Waals surface area contributed by atoms with Gasteiger partial charge in [-0.05, 0) is 36.8 Å². The summed E-state index contributed by atoms with van der Waals surface area (Å²) in [4.78, 5) is 16.7. The summed E-state index contributed by atoms with van der Waals surface area (Å²) in [5, 5.41) is 5.08. The molecule has 1 atom stereocenters. The third-order valence-corrected chi connectivity index (χ3v) is 5.37. The summed E-state index contributed by atoms with van der Waals surface area (Å²) in [5.41, 5.74) is 1.84. The van der Waals surface area contributed by atoms with Gasteiger partial charge in [-0.1, -0.05) is 41.4 Å². The van der Waals surface area contributed by atoms with Crippen molar-refractivity contribution in [3.8, 4) is 0 Å². The zero-order valence-corrected chi connectivity index (χ0v) is 15.4. The smallest absolute Gasteiger partial charge is 0.220 e. The standard InChI is InChI=1S/C18H16Cl2N2OS/c1-11(13-7-6-12(19)10-14(13)20)21-17(23)8-9-18-22-15-4-2-3-5-16(15)24-18/h2-7,10-11H,8-9H2,1H3,(H,21,23)/t11-/m0/s1. The van der Waals surface area contributed by atoms with E-state index in [-0.39, 0.29) is 11.9 Å². The fourth-order valence-corrected chi connectivity index (χ4v) is 4.03. The maximum Gasteiger partial charge on any atom is 0.220 e. The number of aryl methyl sites for hydroxylation is 1. The molecule has 3 nitrogen and oxygen atoms in total. The minimum Gasteiger partial charge on any atom is -0.350 e. The number of amides is 1. The van der Waals surface area contributed by atoms with Crippen LogP contribution in [-0.2, 0) is 11.2 Å². The van der Waals surface area contributed by atoms with Gasteiger partial charge in [-0.15, -0.1) is 11.3 Å². The van der Waals surface area contributed by atoms with E-state index in [0.29, 0.717) is 22.9 Å². The predicted molar refractivity (Wildman–Crippen MR) is 101 cm³/mol. The first kappa shape index (κ1) is 17.2. The van der Waals surface area contributed by atoms with Crippen LogP contribution in [-0.4, -0.2) is 10.9 Å². The second-order valence-electron chi connectivity index (χ2n) is 5.53. The van der Waals surface area contributed by atoms with E-state index in [4.69, 9.17) is 23.2 Å². The van der Waals surface area contributed by atoms with Crippen LogP contribution in [0.4, 0.5) is 0 Å². The van der Waals surface area contributed by atoms with Crippen molar-refractivity contribution in [1.29, 1.82) is 0 Å². The fraction of sp³-hybridized carbons (Fsp3) is 0.222. The summed E-state index contributed by atoms with van der Waals surface area (Å²) in [5.74, 6) is -0.0206. The molecule has 6 heteroatoms. The van der Waals surface area contributed by atoms with Crippen LogP contribution >= 0.6 is 34.5 Å². The van der Waals surface area contributed by atoms with Crippen LogP contribution in [0.5, 0.6) is 0 Å². The third-order valence-electron chi connectivity index (χ3n) is 3.71. The van der Waals surface area contributed by atoms with E-state index < -0.39 is 0 Å². The summed E-state index contributed by atoms with van der Waals surface area (Å²) in [6, 6.07) is 13.1. The highest BCUT2D eigenvalue weighted by molar-refractivity contribution is 7.18. The van der Waals surface area contributed by atoms with Gasteiger partial charge in [-0.2, -0.15) is 0 Å². The lowest BCUT2D eigenvalue weighted by molar-refractivity contribution is -0.121. The number of halogens is 2. The van der Waals surface area contributed by atoms with Crippen molar-refractivity contribution in [2.75, 3.05) is 0 Å². The second kappa shape index (κ2) is 7.51. The van der Waals surface area contributed by atoms with Gasteiger partial charge in [-0.25, -0.2) is 4.98 Å². The van der Waals surface area contributed by atoms with E-state index in [9.17, 15) is 4.79 Å². The van der Waals surface area contributed by atoms with E-state index in [1.807, 2.05) is 37.3 Å². The number of aromatic nitrogens is 1. The molecule has 0 unspecified atom stereocenters. The quantitative estimate of drug-likeness (QED) is 0.644. The fourth-order valence-electron chi connectivity index (χ4n) is 2.49. The molecule has 0 saturated heterocycles. The van der Waals surface area contributed by atoms with E-state index >= 15 is 0 Å². The molecule has 2 aromatic carbocycles. The minimum atomic E-state index is -0.169. The molecule has 1 aromatic heterocycles. The number of carbonyl (C=O) groups is 1. The highest BCUT2D eigenvalue weighted by atomic mass is 35.5. The SMILES string of the molecule is C[C@H](NC(=O)CCc1nc2ccccc2s1)c1ccc(Cl)cc1Cl. The number of hydrogen-bond acceptors (Lipinski definition) is 3. The highest BCUT2D eigenvalue weighted by Crippen LogP contribution is 2.26. The average molecular weight is 379 g/mol. The molecule has 0 radical (unpaired) electrons. The Morgan fingerprint density at radius 3 is 2.79 bits per heavy atom. The molecule has 0 aliphatic heterocycles. The molecule has 0 aliphatic rings. The topological polar surface area (TPSA) is 42.0 Å². The van der Waals surface area contributed by atoms with E-state index in [1.54, 1.807) is 23.5 Å². The molecule has 124 valence electrons. The Bertz CT molecular complexity index is 845. The first-order chi connectivity index (χ1) is 11.5. The minimum absolute atomic E-state index is 0.0206. The number of rotatable bonds is 5. The number of hydrogen-bond donors (Lipinski definition) is 1. The lowest BCUT2D eigenvalue weighted by Crippen LogP contribution is -2.27. The monoisotopic (exact) mass is 378 g/mol. The Hall–Kier alpha value is -1.62. The van der Waals surface area contributed by atoms with Crippen molar-refractivity contribution in [3.63, 3.8) is 0 Å². The first-order valence-electron chi connectivity index (χ1n) is 7.61. The molecule has 1 amide bonds. The van der Waals surface area contributed by atoms with Gasteiger partial charge in [0.1, 0.15) is 0 Å². The lowest BCUT2D eigenvalue weighted by atomic mass is 10.1. The van der Waals surface area contributed by atoms with Crippen LogP contribution in [0.2, 0.25) is 10.0 Å². The van der Waals surface area contributed by atoms with Gasteiger partial charge in [0, 0.05) is 22.9 Å². The van der Waals surface area contributed by atoms with Gasteiger partial charge < -0.3 is 5.32 Å². The van der Waals surface area contributed by atoms with Crippen LogP contribution in [0.25, 0.3) is 10.2 Å². The van der Waals surface area contributed by atoms with Gasteiger partial charge in [0.05, 0.1) is 21.3 Å². The maximum atomic E-state index is 12.2. The van der Waals surface area contributed by atoms with E-state index in [0.717, 1.165) is 20.8 Å². The molecule has 0 spiro atoms. The molecular formula is C18H16Cl2N2OS. The van der Waals surface area contributed by atoms with Crippen LogP contribution in [0, 0.1) is 0 Å². The van der Waals surface area contributed by atoms with E-state index in [1.165, 1.54) is 0 Å². The Labute approximate surface area is 154 Å². The summed E-state index contributed by atoms with van der Waals surface area (Å²) in [6.07, 6.45) is 1.03. The number of fused-ring (bicyclic) bond motifs is 1. The summed E-state index contributed by atoms with van der Waals surface area (Å²) >= 11 is 13.7. The van der Waals surface area contributed by atoms with Crippen molar-refractivity contribution in [2.45, 2.75) is 25.8 Å². The first-order valence-corrected chi connectivity index (χ1v) is 9.19. The van der Waals surface area contributed by atoms with Crippen molar-refractivity contribution in [1.82, 2.24) is 10.3 Å². The van der Waals surface area contributed by atoms with Gasteiger partial charge in [0.15, 0.2) is 0 Å². The molecule has 24 heavy (non-hydrogen) atoms. The van der Waals surface area contributed by atoms with Gasteiger partial charge in [-0.3, -0.25) is 4.79 Å². The molecular weight excluding hydrogens is 363 g/mol. The molecule has 3 aromatic rings. The molecule has 0 aliphatic carbocycles. The van der Waals surface area contributed by atoms with Crippen molar-refractivity contribution in [2.24, 2.45) is 0 Å². The normalized spacial score (nSPS) is 12.3. The molecule has 0 saturated carbocycles. The van der Waals surface area contributed by atoms with Gasteiger partial charge in [0.25, 0.3) is 0 Å². The Morgan fingerprint density at radius 1 is 1.25 bits per heavy atom. The van der Waals surface area contributed by atoms with Crippen molar-refractivity contribution >= 4 is 50.7 Å². The van der Waals surface area contributed by atoms with Crippen LogP contribution in [0.3, 0.4) is 0 Å². The third kappa shape index (κ3) is 4.07. The average Bonchev–Trinajstić information content (AvgIpc) is 2.95. The predicted octanol–water partition coefficient (Wildman–Crippen LogP) is 5.41. The summed E-state index contributed by atoms with van der Waals surface area (Å²) < 4.78 is 1.15. The number of benzene rings is 2. The van der Waals surface area contributed by atoms with Crippen LogP contribution in [0.15, 0.2) is 42.5 Å². The van der Waals surface area contributed by atoms with Crippen LogP contribution in [0.1, 0.15) is 30.0 Å². The second-order valence-corrected chi connectivity index (χ2v) is 7.49. The summed E-state index contributed by atoms with van der Waals surface area (Å²) in [7, 11) is 0. The zero-order valence-electron chi connectivity index (χ0n) is 13.1. The van der Waals surface area contributed by atoms with E-state index in [2.05, 4.69) is 10.3 Å². The molecule has 1 N–H and O–H groups in total. The number of para-hydroxylation sites is 1. The largest absolute Gasteiger partial charge is 0.350 e. The lowest BCUT2D eigenvalue weighted by Gasteiger charge is -2.15. The van der Waals surface area contributed by atoms with Crippen molar-refractivity contribution < 1.29 is 4.79 Å². The molecule has 3 rings (SSSR count). The Balaban J connectivity index is 1.58. The molecule has 1 heterocycles. The number of carbonyl (C=O) groups excluding carboxylic acids is 1. The van der Waals surface area contributed by atoms with Crippen LogP contribution < -0.4 is 5.32 Å². The number of thiazole rings is 1. The number of nitrogens with zero attached hydrogens (tertiary/aromatic N) is 1. The Kier molecular flexibility index (Phi) is 5.39. The maximum absolute atomic E-state index is 12.2. The highest BCUT2D eigenvalue weighted by Gasteiger charge is 2.14. The number of nitrogens with one attached hydrogen (secondary N) is 1. The molecule has 0 bridgehead atoms. The summed E-state index contributed by atoms with van der Waals surface area (Å²) in [6.45, 7) is 1.91. The Morgan fingerprint density at radius 2 is 2.04 bits per heavy atom. The molecule has 0 fully saturated rings. The van der Waals surface area contributed by atoms with Gasteiger partial charge >= 0.3 is 0 Å². The zero-order chi connectivity index (χ0) is 17.1. The van der Waals surface area contributed by atoms with Gasteiger partial charge in [0.2, 0.25) is 5.91 Å². The van der Waals surface area contributed by atoms with Crippen molar-refractivity contribution in [3.05, 3.63) is 63.1 Å².